The zero-order valence-corrected chi connectivity index (χ0v) is 16.9. The van der Waals surface area contributed by atoms with Crippen LogP contribution in [0.15, 0.2) is 54.2 Å². The van der Waals surface area contributed by atoms with E-state index in [9.17, 15) is 9.59 Å². The molecule has 2 aromatic rings. The Labute approximate surface area is 173 Å². The highest BCUT2D eigenvalue weighted by atomic mass is 35.5. The summed E-state index contributed by atoms with van der Waals surface area (Å²) in [5, 5.41) is 0.675. The molecule has 0 aliphatic carbocycles. The van der Waals surface area contributed by atoms with Gasteiger partial charge in [0.15, 0.2) is 0 Å². The van der Waals surface area contributed by atoms with Crippen LogP contribution in [0.5, 0.6) is 0 Å². The Morgan fingerprint density at radius 2 is 1.50 bits per heavy atom. The molecule has 0 aromatic heterocycles. The summed E-state index contributed by atoms with van der Waals surface area (Å²) < 4.78 is 0. The molecule has 0 saturated carbocycles. The molecule has 0 radical (unpaired) electrons. The zero-order valence-electron chi connectivity index (χ0n) is 15.4. The number of benzene rings is 2. The Bertz CT molecular complexity index is 967. The zero-order chi connectivity index (χ0) is 19.8. The number of imide groups is 1. The molecule has 2 amide bonds. The molecular formula is C21H19Cl2N3O2. The fourth-order valence-electron chi connectivity index (χ4n) is 3.57. The minimum Gasteiger partial charge on any atom is -0.364 e. The van der Waals surface area contributed by atoms with Crippen molar-refractivity contribution in [3.63, 3.8) is 0 Å². The molecule has 2 aromatic carbocycles. The molecule has 0 unspecified atom stereocenters. The number of anilines is 1. The third-order valence-corrected chi connectivity index (χ3v) is 5.84. The molecule has 2 heterocycles. The van der Waals surface area contributed by atoms with Crippen LogP contribution in [0.1, 0.15) is 5.56 Å². The van der Waals surface area contributed by atoms with Crippen LogP contribution < -0.4 is 4.90 Å². The number of likely N-dealkylation sites (N-methyl/N-ethyl adjacent to an activating group) is 1. The molecule has 0 atom stereocenters. The van der Waals surface area contributed by atoms with E-state index in [0.29, 0.717) is 40.1 Å². The first kappa shape index (κ1) is 19.0. The number of carbonyl (C=O) groups excluding carboxylic acids is 2. The monoisotopic (exact) mass is 415 g/mol. The molecule has 0 N–H and O–H groups in total. The molecule has 5 nitrogen and oxygen atoms in total. The van der Waals surface area contributed by atoms with Gasteiger partial charge in [0.05, 0.1) is 21.3 Å². The maximum Gasteiger partial charge on any atom is 0.282 e. The SMILES string of the molecule is CN1CCN(C2=C(c3ccccc3)C(=O)N(c3ccc(Cl)c(Cl)c3)C2=O)CC1. The van der Waals surface area contributed by atoms with Crippen molar-refractivity contribution in [1.82, 2.24) is 9.80 Å². The Balaban J connectivity index is 1.80. The summed E-state index contributed by atoms with van der Waals surface area (Å²) in [5.74, 6) is -0.671. The lowest BCUT2D eigenvalue weighted by Gasteiger charge is -2.34. The van der Waals surface area contributed by atoms with E-state index in [4.69, 9.17) is 23.2 Å². The lowest BCUT2D eigenvalue weighted by Crippen LogP contribution is -2.46. The van der Waals surface area contributed by atoms with Crippen molar-refractivity contribution in [3.05, 3.63) is 69.8 Å². The number of hydrogen-bond acceptors (Lipinski definition) is 4. The second kappa shape index (κ2) is 7.59. The summed E-state index contributed by atoms with van der Waals surface area (Å²) in [6.45, 7) is 3.05. The van der Waals surface area contributed by atoms with Gasteiger partial charge in [-0.3, -0.25) is 9.59 Å². The average Bonchev–Trinajstić information content (AvgIpc) is 2.96. The minimum absolute atomic E-state index is 0.300. The molecule has 1 saturated heterocycles. The normalized spacial score (nSPS) is 18.4. The van der Waals surface area contributed by atoms with Crippen LogP contribution in [-0.2, 0) is 9.59 Å². The molecule has 1 fully saturated rings. The topological polar surface area (TPSA) is 43.9 Å². The third kappa shape index (κ3) is 3.30. The largest absolute Gasteiger partial charge is 0.364 e. The van der Waals surface area contributed by atoms with Crippen molar-refractivity contribution < 1.29 is 9.59 Å². The van der Waals surface area contributed by atoms with E-state index < -0.39 is 0 Å². The van der Waals surface area contributed by atoms with Gasteiger partial charge in [-0.2, -0.15) is 0 Å². The van der Waals surface area contributed by atoms with Crippen molar-refractivity contribution in [2.24, 2.45) is 0 Å². The molecular weight excluding hydrogens is 397 g/mol. The van der Waals surface area contributed by atoms with Gasteiger partial charge in [0.2, 0.25) is 0 Å². The molecule has 144 valence electrons. The van der Waals surface area contributed by atoms with Crippen LogP contribution in [0, 0.1) is 0 Å². The average molecular weight is 416 g/mol. The number of halogens is 2. The van der Waals surface area contributed by atoms with Gasteiger partial charge in [-0.1, -0.05) is 53.5 Å². The van der Waals surface area contributed by atoms with Crippen molar-refractivity contribution in [2.75, 3.05) is 38.1 Å². The van der Waals surface area contributed by atoms with Gasteiger partial charge in [-0.05, 0) is 30.8 Å². The van der Waals surface area contributed by atoms with E-state index in [1.165, 1.54) is 4.90 Å². The van der Waals surface area contributed by atoms with Crippen LogP contribution >= 0.6 is 23.2 Å². The molecule has 0 spiro atoms. The maximum atomic E-state index is 13.4. The molecule has 2 aliphatic rings. The van der Waals surface area contributed by atoms with E-state index >= 15 is 0 Å². The first-order valence-corrected chi connectivity index (χ1v) is 9.80. The Kier molecular flexibility index (Phi) is 5.15. The highest BCUT2D eigenvalue weighted by molar-refractivity contribution is 6.46. The van der Waals surface area contributed by atoms with Gasteiger partial charge in [0.1, 0.15) is 5.70 Å². The highest BCUT2D eigenvalue weighted by Crippen LogP contribution is 2.37. The van der Waals surface area contributed by atoms with E-state index in [0.717, 1.165) is 18.7 Å². The van der Waals surface area contributed by atoms with Gasteiger partial charge in [-0.15, -0.1) is 0 Å². The summed E-state index contributed by atoms with van der Waals surface area (Å²) >= 11 is 12.1. The van der Waals surface area contributed by atoms with Crippen molar-refractivity contribution in [3.8, 4) is 0 Å². The minimum atomic E-state index is -0.344. The van der Waals surface area contributed by atoms with Crippen molar-refractivity contribution >= 4 is 46.3 Å². The van der Waals surface area contributed by atoms with Crippen LogP contribution in [-0.4, -0.2) is 54.8 Å². The van der Waals surface area contributed by atoms with E-state index in [1.54, 1.807) is 18.2 Å². The van der Waals surface area contributed by atoms with Crippen molar-refractivity contribution in [2.45, 2.75) is 0 Å². The Hall–Kier alpha value is -2.34. The maximum absolute atomic E-state index is 13.4. The number of rotatable bonds is 3. The summed E-state index contributed by atoms with van der Waals surface area (Å²) in [4.78, 5) is 32.2. The van der Waals surface area contributed by atoms with Crippen LogP contribution in [0.2, 0.25) is 10.0 Å². The second-order valence-electron chi connectivity index (χ2n) is 6.92. The van der Waals surface area contributed by atoms with E-state index in [-0.39, 0.29) is 11.8 Å². The van der Waals surface area contributed by atoms with Crippen LogP contribution in [0.3, 0.4) is 0 Å². The second-order valence-corrected chi connectivity index (χ2v) is 7.74. The lowest BCUT2D eigenvalue weighted by atomic mass is 10.0. The summed E-state index contributed by atoms with van der Waals surface area (Å²) in [7, 11) is 2.05. The fraction of sp³-hybridized carbons (Fsp3) is 0.238. The molecule has 4 rings (SSSR count). The smallest absolute Gasteiger partial charge is 0.282 e. The van der Waals surface area contributed by atoms with Gasteiger partial charge in [0, 0.05) is 26.2 Å². The van der Waals surface area contributed by atoms with E-state index in [2.05, 4.69) is 4.90 Å². The van der Waals surface area contributed by atoms with E-state index in [1.807, 2.05) is 42.3 Å². The number of piperazine rings is 1. The number of amides is 2. The van der Waals surface area contributed by atoms with Gasteiger partial charge < -0.3 is 9.80 Å². The predicted octanol–water partition coefficient (Wildman–Crippen LogP) is 3.53. The molecule has 0 bridgehead atoms. The van der Waals surface area contributed by atoms with Gasteiger partial charge >= 0.3 is 0 Å². The highest BCUT2D eigenvalue weighted by Gasteiger charge is 2.43. The Morgan fingerprint density at radius 3 is 2.14 bits per heavy atom. The number of hydrogen-bond donors (Lipinski definition) is 0. The molecule has 7 heteroatoms. The van der Waals surface area contributed by atoms with Gasteiger partial charge in [-0.25, -0.2) is 4.90 Å². The molecule has 2 aliphatic heterocycles. The lowest BCUT2D eigenvalue weighted by molar-refractivity contribution is -0.120. The molecule has 28 heavy (non-hydrogen) atoms. The number of nitrogens with zero attached hydrogens (tertiary/aromatic N) is 3. The quantitative estimate of drug-likeness (QED) is 0.719. The standard InChI is InChI=1S/C21H19Cl2N3O2/c1-24-9-11-25(12-10-24)19-18(14-5-3-2-4-6-14)20(27)26(21(19)28)15-7-8-16(22)17(23)13-15/h2-8,13H,9-12H2,1H3. The Morgan fingerprint density at radius 1 is 0.821 bits per heavy atom. The van der Waals surface area contributed by atoms with Gasteiger partial charge in [0.25, 0.3) is 11.8 Å². The van der Waals surface area contributed by atoms with Crippen LogP contribution in [0.4, 0.5) is 5.69 Å². The summed E-state index contributed by atoms with van der Waals surface area (Å²) in [6, 6.07) is 14.1. The summed E-state index contributed by atoms with van der Waals surface area (Å²) in [6.07, 6.45) is 0. The third-order valence-electron chi connectivity index (χ3n) is 5.10. The predicted molar refractivity (Wildman–Crippen MR) is 111 cm³/mol. The van der Waals surface area contributed by atoms with Crippen LogP contribution in [0.25, 0.3) is 5.57 Å². The fourth-order valence-corrected chi connectivity index (χ4v) is 3.86. The first-order valence-electron chi connectivity index (χ1n) is 9.04. The summed E-state index contributed by atoms with van der Waals surface area (Å²) in [5.41, 5.74) is 2.04. The van der Waals surface area contributed by atoms with Crippen molar-refractivity contribution in [1.29, 1.82) is 0 Å². The first-order chi connectivity index (χ1) is 13.5. The number of carbonyl (C=O) groups is 2.